The van der Waals surface area contributed by atoms with Crippen molar-refractivity contribution in [2.24, 2.45) is 0 Å². The van der Waals surface area contributed by atoms with Gasteiger partial charge in [0, 0.05) is 12.7 Å². The molecule has 5 nitrogen and oxygen atoms in total. The van der Waals surface area contributed by atoms with E-state index >= 15 is 0 Å². The number of pyridine rings is 1. The molecule has 20 heavy (non-hydrogen) atoms. The lowest BCUT2D eigenvalue weighted by atomic mass is 10.1. The van der Waals surface area contributed by atoms with Gasteiger partial charge in [-0.3, -0.25) is 0 Å². The Balaban J connectivity index is 1.86. The fraction of sp³-hybridized carbons (Fsp3) is 0.571. The molecule has 0 aromatic carbocycles. The summed E-state index contributed by atoms with van der Waals surface area (Å²) >= 11 is 2.13. The maximum Gasteiger partial charge on any atom is 0.410 e. The molecule has 0 bridgehead atoms. The molecule has 1 aromatic rings. The highest BCUT2D eigenvalue weighted by molar-refractivity contribution is 14.1. The van der Waals surface area contributed by atoms with Gasteiger partial charge >= 0.3 is 6.09 Å². The van der Waals surface area contributed by atoms with Crippen molar-refractivity contribution >= 4 is 28.7 Å². The molecule has 1 aromatic heterocycles. The number of carbonyl (C=O) groups excluding carboxylic acids is 1. The van der Waals surface area contributed by atoms with E-state index in [1.165, 1.54) is 0 Å². The number of hydrogen-bond acceptors (Lipinski definition) is 4. The standard InChI is InChI=1S/C14H19IN2O3/c1-14(2,3)20-13(18)17-8-6-10(17)9-19-11-5-4-7-16-12(11)15/h4-5,7,10H,6,8-9H2,1-3H3/t10-/m0/s1. The molecule has 0 N–H and O–H groups in total. The van der Waals surface area contributed by atoms with Gasteiger partial charge in [0.2, 0.25) is 0 Å². The van der Waals surface area contributed by atoms with Gasteiger partial charge in [0.25, 0.3) is 0 Å². The number of amides is 1. The molecule has 0 aliphatic carbocycles. The third-order valence-corrected chi connectivity index (χ3v) is 3.74. The zero-order valence-electron chi connectivity index (χ0n) is 11.9. The molecule has 1 fully saturated rings. The molecular formula is C14H19IN2O3. The molecule has 1 amide bonds. The molecule has 1 aliphatic rings. The van der Waals surface area contributed by atoms with Crippen molar-refractivity contribution in [1.82, 2.24) is 9.88 Å². The maximum absolute atomic E-state index is 12.0. The minimum Gasteiger partial charge on any atom is -0.489 e. The van der Waals surface area contributed by atoms with E-state index in [1.807, 2.05) is 32.9 Å². The lowest BCUT2D eigenvalue weighted by Crippen LogP contribution is -2.55. The SMILES string of the molecule is CC(C)(C)OC(=O)N1CC[C@H]1COc1cccnc1I. The van der Waals surface area contributed by atoms with Crippen molar-refractivity contribution in [1.29, 1.82) is 0 Å². The van der Waals surface area contributed by atoms with Gasteiger partial charge in [-0.1, -0.05) is 0 Å². The first-order chi connectivity index (χ1) is 9.37. The summed E-state index contributed by atoms with van der Waals surface area (Å²) in [6, 6.07) is 3.80. The Morgan fingerprint density at radius 1 is 1.55 bits per heavy atom. The summed E-state index contributed by atoms with van der Waals surface area (Å²) in [6.07, 6.45) is 2.40. The normalized spacial score (nSPS) is 18.4. The van der Waals surface area contributed by atoms with Crippen LogP contribution in [-0.2, 0) is 4.74 Å². The van der Waals surface area contributed by atoms with Crippen LogP contribution in [0.3, 0.4) is 0 Å². The Morgan fingerprint density at radius 2 is 2.30 bits per heavy atom. The highest BCUT2D eigenvalue weighted by Gasteiger charge is 2.35. The first-order valence-electron chi connectivity index (χ1n) is 6.60. The monoisotopic (exact) mass is 390 g/mol. The van der Waals surface area contributed by atoms with Gasteiger partial charge in [0.05, 0.1) is 6.04 Å². The van der Waals surface area contributed by atoms with Crippen LogP contribution in [0.1, 0.15) is 27.2 Å². The zero-order valence-corrected chi connectivity index (χ0v) is 14.1. The van der Waals surface area contributed by atoms with Crippen LogP contribution in [0, 0.1) is 3.70 Å². The van der Waals surface area contributed by atoms with Crippen LogP contribution in [0.2, 0.25) is 0 Å². The summed E-state index contributed by atoms with van der Waals surface area (Å²) < 4.78 is 11.9. The molecule has 1 saturated heterocycles. The summed E-state index contributed by atoms with van der Waals surface area (Å²) in [7, 11) is 0. The minimum atomic E-state index is -0.461. The van der Waals surface area contributed by atoms with Crippen LogP contribution < -0.4 is 4.74 Å². The Morgan fingerprint density at radius 3 is 2.85 bits per heavy atom. The van der Waals surface area contributed by atoms with Crippen LogP contribution in [0.4, 0.5) is 4.79 Å². The van der Waals surface area contributed by atoms with Crippen molar-refractivity contribution < 1.29 is 14.3 Å². The molecule has 0 spiro atoms. The average molecular weight is 390 g/mol. The summed E-state index contributed by atoms with van der Waals surface area (Å²) in [5, 5.41) is 0. The predicted molar refractivity (Wildman–Crippen MR) is 83.8 cm³/mol. The van der Waals surface area contributed by atoms with Crippen molar-refractivity contribution in [3.05, 3.63) is 22.0 Å². The number of likely N-dealkylation sites (tertiary alicyclic amines) is 1. The number of carbonyl (C=O) groups is 1. The van der Waals surface area contributed by atoms with Crippen molar-refractivity contribution in [3.63, 3.8) is 0 Å². The lowest BCUT2D eigenvalue weighted by Gasteiger charge is -2.41. The number of halogens is 1. The van der Waals surface area contributed by atoms with E-state index in [1.54, 1.807) is 11.1 Å². The van der Waals surface area contributed by atoms with Gasteiger partial charge in [0.15, 0.2) is 5.75 Å². The van der Waals surface area contributed by atoms with Gasteiger partial charge < -0.3 is 14.4 Å². The van der Waals surface area contributed by atoms with Crippen molar-refractivity contribution in [2.45, 2.75) is 38.8 Å². The van der Waals surface area contributed by atoms with E-state index < -0.39 is 5.60 Å². The van der Waals surface area contributed by atoms with Crippen LogP contribution >= 0.6 is 22.6 Å². The Bertz CT molecular complexity index is 488. The van der Waals surface area contributed by atoms with Crippen molar-refractivity contribution in [2.75, 3.05) is 13.2 Å². The number of nitrogens with zero attached hydrogens (tertiary/aromatic N) is 2. The summed E-state index contributed by atoms with van der Waals surface area (Å²) in [6.45, 7) is 6.81. The molecule has 1 atom stereocenters. The summed E-state index contributed by atoms with van der Waals surface area (Å²) in [5.41, 5.74) is -0.461. The first kappa shape index (κ1) is 15.3. The first-order valence-corrected chi connectivity index (χ1v) is 7.67. The second kappa shape index (κ2) is 6.15. The average Bonchev–Trinajstić information content (AvgIpc) is 2.27. The minimum absolute atomic E-state index is 0.0841. The zero-order chi connectivity index (χ0) is 14.8. The largest absolute Gasteiger partial charge is 0.489 e. The van der Waals surface area contributed by atoms with E-state index in [4.69, 9.17) is 9.47 Å². The quantitative estimate of drug-likeness (QED) is 0.588. The lowest BCUT2D eigenvalue weighted by molar-refractivity contribution is -0.0142. The third kappa shape index (κ3) is 3.97. The number of aromatic nitrogens is 1. The third-order valence-electron chi connectivity index (χ3n) is 2.93. The molecule has 6 heteroatoms. The van der Waals surface area contributed by atoms with Gasteiger partial charge in [-0.25, -0.2) is 9.78 Å². The molecule has 2 heterocycles. The van der Waals surface area contributed by atoms with Crippen LogP contribution in [-0.4, -0.2) is 40.8 Å². The predicted octanol–water partition coefficient (Wildman–Crippen LogP) is 3.07. The maximum atomic E-state index is 12.0. The number of ether oxygens (including phenoxy) is 2. The smallest absolute Gasteiger partial charge is 0.410 e. The number of rotatable bonds is 3. The Kier molecular flexibility index (Phi) is 4.72. The second-order valence-corrected chi connectivity index (χ2v) is 6.74. The summed E-state index contributed by atoms with van der Waals surface area (Å²) in [4.78, 5) is 17.8. The summed E-state index contributed by atoms with van der Waals surface area (Å²) in [5.74, 6) is 0.754. The highest BCUT2D eigenvalue weighted by Crippen LogP contribution is 2.23. The van der Waals surface area contributed by atoms with E-state index in [0.717, 1.165) is 22.4 Å². The molecule has 2 rings (SSSR count). The molecule has 0 saturated carbocycles. The van der Waals surface area contributed by atoms with Gasteiger partial charge in [-0.05, 0) is 61.9 Å². The van der Waals surface area contributed by atoms with E-state index in [0.29, 0.717) is 6.61 Å². The van der Waals surface area contributed by atoms with E-state index in [-0.39, 0.29) is 12.1 Å². The van der Waals surface area contributed by atoms with Gasteiger partial charge in [0.1, 0.15) is 15.9 Å². The molecular weight excluding hydrogens is 371 g/mol. The fourth-order valence-electron chi connectivity index (χ4n) is 1.84. The van der Waals surface area contributed by atoms with Gasteiger partial charge in [-0.2, -0.15) is 0 Å². The van der Waals surface area contributed by atoms with Gasteiger partial charge in [-0.15, -0.1) is 0 Å². The Hall–Kier alpha value is -1.05. The van der Waals surface area contributed by atoms with E-state index in [2.05, 4.69) is 27.6 Å². The molecule has 0 unspecified atom stereocenters. The van der Waals surface area contributed by atoms with Crippen molar-refractivity contribution in [3.8, 4) is 5.75 Å². The van der Waals surface area contributed by atoms with Crippen LogP contribution in [0.25, 0.3) is 0 Å². The van der Waals surface area contributed by atoms with E-state index in [9.17, 15) is 4.79 Å². The Labute approximate surface area is 132 Å². The fourth-order valence-corrected chi connectivity index (χ4v) is 2.34. The topological polar surface area (TPSA) is 51.7 Å². The molecule has 110 valence electrons. The number of hydrogen-bond donors (Lipinski definition) is 0. The highest BCUT2D eigenvalue weighted by atomic mass is 127. The van der Waals surface area contributed by atoms with Crippen LogP contribution in [0.15, 0.2) is 18.3 Å². The molecule has 1 aliphatic heterocycles. The second-order valence-electron chi connectivity index (χ2n) is 5.72. The molecule has 0 radical (unpaired) electrons. The van der Waals surface area contributed by atoms with Crippen LogP contribution in [0.5, 0.6) is 5.75 Å².